The molecule has 3 aliphatic rings. The highest BCUT2D eigenvalue weighted by Crippen LogP contribution is 2.17. The van der Waals surface area contributed by atoms with Crippen molar-refractivity contribution in [2.75, 3.05) is 0 Å². The SMILES string of the molecule is C1=C\C2=C/C=C\C(=C/1)C[n+]1cn(c3ccccc31)CCCn1c[n+](c3ccccc31)C2. The Hall–Kier alpha value is -3.66. The first-order valence-corrected chi connectivity index (χ1v) is 11.0. The highest BCUT2D eigenvalue weighted by molar-refractivity contribution is 5.72. The Balaban J connectivity index is 1.49. The lowest BCUT2D eigenvalue weighted by Gasteiger charge is -2.04. The summed E-state index contributed by atoms with van der Waals surface area (Å²) in [4.78, 5) is 0. The van der Waals surface area contributed by atoms with E-state index in [1.807, 2.05) is 0 Å². The molecule has 2 aromatic carbocycles. The largest absolute Gasteiger partial charge is 0.245 e. The number of rotatable bonds is 0. The molecule has 7 rings (SSSR count). The van der Waals surface area contributed by atoms with Gasteiger partial charge in [0.25, 0.3) is 0 Å². The van der Waals surface area contributed by atoms with Crippen LogP contribution in [-0.2, 0) is 26.2 Å². The predicted octanol–water partition coefficient (Wildman–Crippen LogP) is 4.25. The van der Waals surface area contributed by atoms with E-state index >= 15 is 0 Å². The lowest BCUT2D eigenvalue weighted by molar-refractivity contribution is -0.663. The summed E-state index contributed by atoms with van der Waals surface area (Å²) in [5.41, 5.74) is 7.77. The molecule has 4 nitrogen and oxygen atoms in total. The molecule has 0 atom stereocenters. The highest BCUT2D eigenvalue weighted by Gasteiger charge is 2.19. The third kappa shape index (κ3) is 3.34. The van der Waals surface area contributed by atoms with Crippen LogP contribution in [0.2, 0.25) is 0 Å². The monoisotopic (exact) mass is 406 g/mol. The average molecular weight is 407 g/mol. The maximum atomic E-state index is 2.40. The van der Waals surface area contributed by atoms with E-state index in [9.17, 15) is 0 Å². The molecule has 2 aromatic heterocycles. The molecular weight excluding hydrogens is 380 g/mol. The Kier molecular flexibility index (Phi) is 4.42. The van der Waals surface area contributed by atoms with Crippen molar-refractivity contribution < 1.29 is 9.13 Å². The van der Waals surface area contributed by atoms with Crippen molar-refractivity contribution in [3.8, 4) is 0 Å². The number of nitrogens with zero attached hydrogens (tertiary/aromatic N) is 4. The van der Waals surface area contributed by atoms with Crippen molar-refractivity contribution in [3.63, 3.8) is 0 Å². The number of benzene rings is 2. The smallest absolute Gasteiger partial charge is 0.230 e. The van der Waals surface area contributed by atoms with Gasteiger partial charge in [-0.3, -0.25) is 0 Å². The molecule has 0 fully saturated rings. The topological polar surface area (TPSA) is 17.6 Å². The van der Waals surface area contributed by atoms with Gasteiger partial charge in [-0.25, -0.2) is 18.3 Å². The first-order chi connectivity index (χ1) is 15.3. The van der Waals surface area contributed by atoms with Gasteiger partial charge >= 0.3 is 0 Å². The molecule has 4 heterocycles. The van der Waals surface area contributed by atoms with Gasteiger partial charge in [0.05, 0.1) is 13.1 Å². The molecule has 0 unspecified atom stereocenters. The van der Waals surface area contributed by atoms with Crippen molar-refractivity contribution in [2.45, 2.75) is 32.6 Å². The summed E-state index contributed by atoms with van der Waals surface area (Å²) in [6, 6.07) is 17.5. The second kappa shape index (κ2) is 7.55. The van der Waals surface area contributed by atoms with Crippen LogP contribution in [-0.4, -0.2) is 9.13 Å². The molecule has 0 saturated carbocycles. The third-order valence-corrected chi connectivity index (χ3v) is 6.30. The number of hydrogen-bond donors (Lipinski definition) is 0. The summed E-state index contributed by atoms with van der Waals surface area (Å²) < 4.78 is 9.55. The maximum Gasteiger partial charge on any atom is 0.245 e. The first-order valence-electron chi connectivity index (χ1n) is 11.0. The van der Waals surface area contributed by atoms with Crippen molar-refractivity contribution in [3.05, 3.63) is 109 Å². The van der Waals surface area contributed by atoms with Gasteiger partial charge in [0, 0.05) is 6.42 Å². The van der Waals surface area contributed by atoms with Crippen LogP contribution in [0.15, 0.2) is 109 Å². The Bertz CT molecular complexity index is 1300. The number of fused-ring (bicyclic) bond motifs is 6. The van der Waals surface area contributed by atoms with Crippen LogP contribution in [0.25, 0.3) is 22.1 Å². The van der Waals surface area contributed by atoms with Crippen LogP contribution in [0.4, 0.5) is 0 Å². The number of aryl methyl sites for hydroxylation is 2. The molecule has 4 heteroatoms. The Morgan fingerprint density at radius 1 is 0.613 bits per heavy atom. The molecule has 1 aliphatic carbocycles. The first kappa shape index (κ1) is 18.1. The fourth-order valence-corrected chi connectivity index (χ4v) is 4.81. The normalized spacial score (nSPS) is 21.9. The van der Waals surface area contributed by atoms with E-state index in [0.717, 1.165) is 32.6 Å². The van der Waals surface area contributed by atoms with Gasteiger partial charge in [-0.15, -0.1) is 0 Å². The van der Waals surface area contributed by atoms with E-state index in [1.54, 1.807) is 0 Å². The Morgan fingerprint density at radius 2 is 1.10 bits per heavy atom. The second-order valence-electron chi connectivity index (χ2n) is 8.41. The van der Waals surface area contributed by atoms with E-state index in [4.69, 9.17) is 0 Å². The minimum absolute atomic E-state index is 0.870. The summed E-state index contributed by atoms with van der Waals surface area (Å²) in [6.07, 6.45) is 19.0. The number of imidazole rings is 2. The van der Waals surface area contributed by atoms with Gasteiger partial charge < -0.3 is 0 Å². The molecule has 152 valence electrons. The molecule has 4 aromatic rings. The van der Waals surface area contributed by atoms with Gasteiger partial charge in [-0.2, -0.15) is 0 Å². The van der Waals surface area contributed by atoms with E-state index in [1.165, 1.54) is 33.2 Å². The van der Waals surface area contributed by atoms with Crippen LogP contribution in [0.5, 0.6) is 0 Å². The zero-order valence-electron chi connectivity index (χ0n) is 17.6. The molecule has 0 radical (unpaired) electrons. The van der Waals surface area contributed by atoms with E-state index in [2.05, 4.69) is 116 Å². The summed E-state index contributed by atoms with van der Waals surface area (Å²) in [5, 5.41) is 0. The summed E-state index contributed by atoms with van der Waals surface area (Å²) in [6.45, 7) is 3.74. The molecule has 0 amide bonds. The Labute approximate surface area is 182 Å². The molecule has 0 spiro atoms. The number of hydrogen-bond acceptors (Lipinski definition) is 0. The van der Waals surface area contributed by atoms with Crippen molar-refractivity contribution >= 4 is 22.1 Å². The second-order valence-corrected chi connectivity index (χ2v) is 8.41. The number of aromatic nitrogens is 4. The third-order valence-electron chi connectivity index (χ3n) is 6.30. The van der Waals surface area contributed by atoms with Crippen molar-refractivity contribution in [1.82, 2.24) is 9.13 Å². The Morgan fingerprint density at radius 3 is 1.61 bits per heavy atom. The lowest BCUT2D eigenvalue weighted by atomic mass is 10.1. The van der Waals surface area contributed by atoms with Crippen LogP contribution in [0.1, 0.15) is 6.42 Å². The minimum Gasteiger partial charge on any atom is -0.230 e. The van der Waals surface area contributed by atoms with E-state index in [0.29, 0.717) is 0 Å². The quantitative estimate of drug-likeness (QED) is 0.389. The summed E-state index contributed by atoms with van der Waals surface area (Å²) in [5.74, 6) is 0. The van der Waals surface area contributed by atoms with Crippen molar-refractivity contribution in [1.29, 1.82) is 0 Å². The van der Waals surface area contributed by atoms with E-state index in [-0.39, 0.29) is 0 Å². The highest BCUT2D eigenvalue weighted by atomic mass is 15.2. The maximum absolute atomic E-state index is 2.40. The molecule has 0 N–H and O–H groups in total. The van der Waals surface area contributed by atoms with Gasteiger partial charge in [-0.05, 0) is 35.4 Å². The van der Waals surface area contributed by atoms with E-state index < -0.39 is 0 Å². The fraction of sp³-hybridized carbons (Fsp3) is 0.185. The van der Waals surface area contributed by atoms with Gasteiger partial charge in [0.2, 0.25) is 12.7 Å². The van der Waals surface area contributed by atoms with Crippen LogP contribution < -0.4 is 9.13 Å². The molecular formula is C27H26N4+2. The van der Waals surface area contributed by atoms with Gasteiger partial charge in [0.15, 0.2) is 22.1 Å². The zero-order chi connectivity index (χ0) is 20.6. The van der Waals surface area contributed by atoms with Crippen LogP contribution in [0.3, 0.4) is 0 Å². The van der Waals surface area contributed by atoms with Crippen LogP contribution >= 0.6 is 0 Å². The predicted molar refractivity (Wildman–Crippen MR) is 123 cm³/mol. The van der Waals surface area contributed by atoms with Crippen molar-refractivity contribution in [2.24, 2.45) is 0 Å². The van der Waals surface area contributed by atoms with Gasteiger partial charge in [0.1, 0.15) is 13.1 Å². The minimum atomic E-state index is 0.870. The summed E-state index contributed by atoms with van der Waals surface area (Å²) in [7, 11) is 0. The molecule has 2 aliphatic heterocycles. The average Bonchev–Trinajstić information content (AvgIpc) is 3.30. The fourth-order valence-electron chi connectivity index (χ4n) is 4.81. The summed E-state index contributed by atoms with van der Waals surface area (Å²) >= 11 is 0. The number of para-hydroxylation sites is 4. The number of allylic oxidation sites excluding steroid dienone is 8. The zero-order valence-corrected chi connectivity index (χ0v) is 17.6. The van der Waals surface area contributed by atoms with Gasteiger partial charge in [-0.1, -0.05) is 60.7 Å². The molecule has 6 bridgehead atoms. The standard InChI is InChI=1S/C27H26N4/c1-3-14-26-24(12-1)28-16-7-17-29-21-31(27-15-4-2-13-25(27)29)19-23-10-5-8-22(9-6-11-23)18-30(26)20-28/h1-6,8-15,20-21H,7,16-19H2/q+2/b8-5-,9-6?,10-5?,11-6-,22-8?,22-9+,23-10+,23-11?. The molecule has 0 saturated heterocycles. The molecule has 31 heavy (non-hydrogen) atoms. The van der Waals surface area contributed by atoms with Crippen LogP contribution in [0, 0.1) is 0 Å². The lowest BCUT2D eigenvalue weighted by Crippen LogP contribution is -2.33.